The largest absolute Gasteiger partial charge is 0.420 e. The molecule has 0 saturated carbocycles. The fourth-order valence-corrected chi connectivity index (χ4v) is 4.50. The molecule has 3 aromatic carbocycles. The predicted molar refractivity (Wildman–Crippen MR) is 126 cm³/mol. The van der Waals surface area contributed by atoms with Crippen molar-refractivity contribution < 1.29 is 9.53 Å². The van der Waals surface area contributed by atoms with Gasteiger partial charge in [-0.05, 0) is 43.7 Å². The van der Waals surface area contributed by atoms with Crippen molar-refractivity contribution in [3.63, 3.8) is 0 Å². The molecule has 4 heteroatoms. The van der Waals surface area contributed by atoms with Crippen molar-refractivity contribution in [3.05, 3.63) is 89.7 Å². The van der Waals surface area contributed by atoms with Crippen LogP contribution in [0.4, 0.5) is 0 Å². The number of benzene rings is 3. The highest BCUT2D eigenvalue weighted by Gasteiger charge is 2.22. The number of nitrogens with zero attached hydrogens (tertiary/aromatic N) is 2. The van der Waals surface area contributed by atoms with Gasteiger partial charge in [-0.25, -0.2) is 4.79 Å². The molecule has 5 rings (SSSR count). The summed E-state index contributed by atoms with van der Waals surface area (Å²) in [5, 5.41) is 2.07. The summed E-state index contributed by atoms with van der Waals surface area (Å²) < 4.78 is 10.2. The first-order valence-corrected chi connectivity index (χ1v) is 10.4. The number of aromatic nitrogens is 2. The van der Waals surface area contributed by atoms with Crippen molar-refractivity contribution in [2.45, 2.75) is 13.8 Å². The van der Waals surface area contributed by atoms with Gasteiger partial charge in [-0.15, -0.1) is 0 Å². The van der Waals surface area contributed by atoms with Crippen molar-refractivity contribution in [1.29, 1.82) is 0 Å². The van der Waals surface area contributed by atoms with Crippen LogP contribution in [-0.4, -0.2) is 15.1 Å². The first kappa shape index (κ1) is 19.2. The number of fused-ring (bicyclic) bond motifs is 2. The lowest BCUT2D eigenvalue weighted by Crippen LogP contribution is -2.11. The number of rotatable bonds is 3. The molecule has 0 fully saturated rings. The molecule has 0 N–H and O–H groups in total. The molecule has 0 aliphatic carbocycles. The summed E-state index contributed by atoms with van der Waals surface area (Å²) in [4.78, 5) is 13.4. The van der Waals surface area contributed by atoms with Gasteiger partial charge in [0.2, 0.25) is 0 Å². The maximum absolute atomic E-state index is 13.4. The zero-order valence-electron chi connectivity index (χ0n) is 18.1. The molecular weight excluding hydrogens is 384 g/mol. The minimum absolute atomic E-state index is 0.345. The Kier molecular flexibility index (Phi) is 4.44. The van der Waals surface area contributed by atoms with Crippen LogP contribution in [0.2, 0.25) is 0 Å². The van der Waals surface area contributed by atoms with E-state index in [0.717, 1.165) is 44.3 Å². The van der Waals surface area contributed by atoms with Crippen LogP contribution in [0.1, 0.15) is 21.7 Å². The Labute approximate surface area is 181 Å². The molecule has 0 atom stereocenters. The average molecular weight is 409 g/mol. The summed E-state index contributed by atoms with van der Waals surface area (Å²) in [6, 6.07) is 24.0. The summed E-state index contributed by atoms with van der Waals surface area (Å²) in [7, 11) is 4.05. The number of hydrogen-bond acceptors (Lipinski definition) is 2. The van der Waals surface area contributed by atoms with E-state index in [0.29, 0.717) is 11.3 Å². The summed E-state index contributed by atoms with van der Waals surface area (Å²) >= 11 is 0. The molecular formula is C27H24N2O2. The number of para-hydroxylation sites is 2. The van der Waals surface area contributed by atoms with Crippen LogP contribution in [0, 0.1) is 13.8 Å². The molecule has 0 saturated heterocycles. The molecule has 0 aliphatic heterocycles. The zero-order chi connectivity index (χ0) is 21.7. The summed E-state index contributed by atoms with van der Waals surface area (Å²) in [5.41, 5.74) is 6.74. The predicted octanol–water partition coefficient (Wildman–Crippen LogP) is 6.17. The number of hydrogen-bond donors (Lipinski definition) is 0. The van der Waals surface area contributed by atoms with Crippen LogP contribution < -0.4 is 4.74 Å². The maximum Gasteiger partial charge on any atom is 0.344 e. The number of esters is 1. The SMILES string of the molecule is Cc1c(OC(=O)c2ccccc2-c2c(C)n(C)c3ccccc23)c2ccccc2n1C. The topological polar surface area (TPSA) is 36.2 Å². The van der Waals surface area contributed by atoms with Crippen molar-refractivity contribution in [3.8, 4) is 16.9 Å². The quantitative estimate of drug-likeness (QED) is 0.335. The van der Waals surface area contributed by atoms with Gasteiger partial charge >= 0.3 is 5.97 Å². The van der Waals surface area contributed by atoms with E-state index in [9.17, 15) is 4.79 Å². The third-order valence-electron chi connectivity index (χ3n) is 6.35. The lowest BCUT2D eigenvalue weighted by molar-refractivity contribution is 0.0736. The molecule has 2 aromatic heterocycles. The Balaban J connectivity index is 1.65. The molecule has 0 bridgehead atoms. The average Bonchev–Trinajstić information content (AvgIpc) is 3.19. The maximum atomic E-state index is 13.4. The molecule has 0 unspecified atom stereocenters. The highest BCUT2D eigenvalue weighted by Crippen LogP contribution is 2.37. The smallest absolute Gasteiger partial charge is 0.344 e. The fourth-order valence-electron chi connectivity index (χ4n) is 4.50. The fraction of sp³-hybridized carbons (Fsp3) is 0.148. The Hall–Kier alpha value is -3.79. The first-order valence-electron chi connectivity index (χ1n) is 10.4. The lowest BCUT2D eigenvalue weighted by Gasteiger charge is -2.11. The zero-order valence-corrected chi connectivity index (χ0v) is 18.1. The van der Waals surface area contributed by atoms with Gasteiger partial charge in [0.15, 0.2) is 5.75 Å². The summed E-state index contributed by atoms with van der Waals surface area (Å²) in [5.74, 6) is 0.273. The van der Waals surface area contributed by atoms with Crippen LogP contribution in [-0.2, 0) is 14.1 Å². The van der Waals surface area contributed by atoms with Gasteiger partial charge in [0.1, 0.15) is 0 Å². The third-order valence-corrected chi connectivity index (χ3v) is 6.35. The molecule has 154 valence electrons. The molecule has 0 aliphatic rings. The second-order valence-electron chi connectivity index (χ2n) is 7.96. The minimum Gasteiger partial charge on any atom is -0.420 e. The van der Waals surface area contributed by atoms with Crippen LogP contribution >= 0.6 is 0 Å². The Morgan fingerprint density at radius 3 is 2.00 bits per heavy atom. The third kappa shape index (κ3) is 2.87. The summed E-state index contributed by atoms with van der Waals surface area (Å²) in [6.07, 6.45) is 0. The molecule has 2 heterocycles. The minimum atomic E-state index is -0.345. The second kappa shape index (κ2) is 7.17. The summed E-state index contributed by atoms with van der Waals surface area (Å²) in [6.45, 7) is 4.07. The van der Waals surface area contributed by atoms with Gasteiger partial charge in [-0.2, -0.15) is 0 Å². The highest BCUT2D eigenvalue weighted by molar-refractivity contribution is 6.06. The van der Waals surface area contributed by atoms with Crippen LogP contribution in [0.5, 0.6) is 5.75 Å². The molecule has 0 radical (unpaired) electrons. The lowest BCUT2D eigenvalue weighted by atomic mass is 9.97. The van der Waals surface area contributed by atoms with Gasteiger partial charge in [-0.1, -0.05) is 48.5 Å². The van der Waals surface area contributed by atoms with E-state index < -0.39 is 0 Å². The van der Waals surface area contributed by atoms with Gasteiger partial charge in [0.05, 0.1) is 16.8 Å². The van der Waals surface area contributed by atoms with E-state index in [1.165, 1.54) is 0 Å². The Bertz CT molecular complexity index is 1470. The Morgan fingerprint density at radius 1 is 0.710 bits per heavy atom. The van der Waals surface area contributed by atoms with E-state index in [4.69, 9.17) is 4.74 Å². The van der Waals surface area contributed by atoms with Crippen molar-refractivity contribution in [1.82, 2.24) is 9.13 Å². The van der Waals surface area contributed by atoms with Crippen LogP contribution in [0.25, 0.3) is 32.9 Å². The Morgan fingerprint density at radius 2 is 1.26 bits per heavy atom. The molecule has 0 amide bonds. The number of carbonyl (C=O) groups excluding carboxylic acids is 1. The van der Waals surface area contributed by atoms with E-state index in [1.54, 1.807) is 0 Å². The first-order chi connectivity index (χ1) is 15.0. The molecule has 5 aromatic rings. The van der Waals surface area contributed by atoms with Gasteiger partial charge in [-0.3, -0.25) is 0 Å². The van der Waals surface area contributed by atoms with Crippen molar-refractivity contribution in [2.24, 2.45) is 14.1 Å². The van der Waals surface area contributed by atoms with Crippen molar-refractivity contribution in [2.75, 3.05) is 0 Å². The monoisotopic (exact) mass is 408 g/mol. The number of carbonyl (C=O) groups is 1. The molecule has 31 heavy (non-hydrogen) atoms. The standard InChI is InChI=1S/C27H24N2O2/c1-17-25(21-13-7-9-15-23(21)28(17)3)19-11-5-6-12-20(19)27(30)31-26-18(2)29(4)24-16-10-8-14-22(24)26/h5-16H,1-4H3. The number of aryl methyl sites for hydroxylation is 2. The number of ether oxygens (including phenoxy) is 1. The second-order valence-corrected chi connectivity index (χ2v) is 7.96. The van der Waals surface area contributed by atoms with E-state index in [1.807, 2.05) is 74.6 Å². The molecule has 4 nitrogen and oxygen atoms in total. The highest BCUT2D eigenvalue weighted by atomic mass is 16.5. The normalized spacial score (nSPS) is 11.4. The van der Waals surface area contributed by atoms with E-state index in [2.05, 4.69) is 35.2 Å². The van der Waals surface area contributed by atoms with E-state index in [-0.39, 0.29) is 5.97 Å². The van der Waals surface area contributed by atoms with Gasteiger partial charge < -0.3 is 13.9 Å². The van der Waals surface area contributed by atoms with Crippen LogP contribution in [0.3, 0.4) is 0 Å². The van der Waals surface area contributed by atoms with E-state index >= 15 is 0 Å². The van der Waals surface area contributed by atoms with Crippen molar-refractivity contribution >= 4 is 27.8 Å². The molecule has 0 spiro atoms. The van der Waals surface area contributed by atoms with Gasteiger partial charge in [0.25, 0.3) is 0 Å². The van der Waals surface area contributed by atoms with Gasteiger partial charge in [0, 0.05) is 41.6 Å². The van der Waals surface area contributed by atoms with Crippen LogP contribution in [0.15, 0.2) is 72.8 Å².